The molecule has 0 aliphatic carbocycles. The molecule has 176 valence electrons. The molecule has 4 aromatic rings. The summed E-state index contributed by atoms with van der Waals surface area (Å²) in [6, 6.07) is 18.7. The SMILES string of the molecule is COc1ccc(-c2nn(-c3ccccc3)cc2C(=O)NCC(c2ccco2)N(C)C)c(OC)c1. The fraction of sp³-hybridized carbons (Fsp3) is 0.231. The molecule has 8 nitrogen and oxygen atoms in total. The van der Waals surface area contributed by atoms with E-state index in [1.807, 2.05) is 73.6 Å². The van der Waals surface area contributed by atoms with Gasteiger partial charge in [-0.05, 0) is 50.5 Å². The summed E-state index contributed by atoms with van der Waals surface area (Å²) in [5.74, 6) is 1.76. The number of hydrogen-bond acceptors (Lipinski definition) is 6. The number of benzene rings is 2. The summed E-state index contributed by atoms with van der Waals surface area (Å²) in [5.41, 5.74) is 2.49. The van der Waals surface area contributed by atoms with E-state index in [0.717, 1.165) is 11.4 Å². The van der Waals surface area contributed by atoms with Gasteiger partial charge in [0.1, 0.15) is 23.0 Å². The van der Waals surface area contributed by atoms with E-state index in [1.54, 1.807) is 37.4 Å². The maximum absolute atomic E-state index is 13.4. The number of rotatable bonds is 9. The van der Waals surface area contributed by atoms with E-state index in [1.165, 1.54) is 0 Å². The summed E-state index contributed by atoms with van der Waals surface area (Å²) < 4.78 is 18.2. The predicted octanol–water partition coefficient (Wildman–Crippen LogP) is 4.18. The highest BCUT2D eigenvalue weighted by molar-refractivity contribution is 6.00. The van der Waals surface area contributed by atoms with Gasteiger partial charge in [-0.1, -0.05) is 18.2 Å². The van der Waals surface area contributed by atoms with E-state index >= 15 is 0 Å². The van der Waals surface area contributed by atoms with E-state index in [4.69, 9.17) is 19.0 Å². The molecule has 0 spiro atoms. The Morgan fingerprint density at radius 3 is 2.53 bits per heavy atom. The third kappa shape index (κ3) is 4.82. The standard InChI is InChI=1S/C26H28N4O4/c1-29(2)22(23-11-8-14-34-23)16-27-26(31)21-17-30(18-9-6-5-7-10-18)28-25(21)20-13-12-19(32-3)15-24(20)33-4/h5-15,17,22H,16H2,1-4H3,(H,27,31). The zero-order valence-electron chi connectivity index (χ0n) is 19.7. The van der Waals surface area contributed by atoms with Gasteiger partial charge in [0, 0.05) is 24.4 Å². The molecule has 2 heterocycles. The molecule has 0 aliphatic rings. The van der Waals surface area contributed by atoms with Crippen molar-refractivity contribution in [3.05, 3.63) is 84.4 Å². The molecule has 0 radical (unpaired) electrons. The van der Waals surface area contributed by atoms with Crippen LogP contribution in [0.5, 0.6) is 11.5 Å². The van der Waals surface area contributed by atoms with Gasteiger partial charge in [-0.3, -0.25) is 9.69 Å². The first-order chi connectivity index (χ1) is 16.5. The molecule has 1 unspecified atom stereocenters. The first kappa shape index (κ1) is 23.1. The van der Waals surface area contributed by atoms with Gasteiger partial charge in [-0.15, -0.1) is 0 Å². The average Bonchev–Trinajstić information content (AvgIpc) is 3.55. The minimum absolute atomic E-state index is 0.109. The van der Waals surface area contributed by atoms with Crippen LogP contribution < -0.4 is 14.8 Å². The minimum Gasteiger partial charge on any atom is -0.497 e. The van der Waals surface area contributed by atoms with Crippen LogP contribution in [0.25, 0.3) is 16.9 Å². The lowest BCUT2D eigenvalue weighted by Crippen LogP contribution is -2.34. The lowest BCUT2D eigenvalue weighted by molar-refractivity contribution is 0.0939. The van der Waals surface area contributed by atoms with Gasteiger partial charge in [-0.25, -0.2) is 4.68 Å². The number of aromatic nitrogens is 2. The second kappa shape index (κ2) is 10.3. The summed E-state index contributed by atoms with van der Waals surface area (Å²) in [6.45, 7) is 0.370. The van der Waals surface area contributed by atoms with Crippen molar-refractivity contribution < 1.29 is 18.7 Å². The molecule has 34 heavy (non-hydrogen) atoms. The molecule has 8 heteroatoms. The molecular formula is C26H28N4O4. The van der Waals surface area contributed by atoms with Crippen LogP contribution in [-0.2, 0) is 0 Å². The Morgan fingerprint density at radius 2 is 1.88 bits per heavy atom. The molecule has 0 saturated heterocycles. The second-order valence-electron chi connectivity index (χ2n) is 7.94. The second-order valence-corrected chi connectivity index (χ2v) is 7.94. The molecule has 0 bridgehead atoms. The molecule has 0 saturated carbocycles. The number of amides is 1. The Kier molecular flexibility index (Phi) is 6.98. The summed E-state index contributed by atoms with van der Waals surface area (Å²) in [5, 5.41) is 7.80. The molecule has 1 N–H and O–H groups in total. The highest BCUT2D eigenvalue weighted by Crippen LogP contribution is 2.35. The van der Waals surface area contributed by atoms with Crippen molar-refractivity contribution in [1.29, 1.82) is 0 Å². The number of methoxy groups -OCH3 is 2. The van der Waals surface area contributed by atoms with Gasteiger partial charge in [0.05, 0.1) is 37.8 Å². The fourth-order valence-corrected chi connectivity index (χ4v) is 3.75. The average molecular weight is 461 g/mol. The van der Waals surface area contributed by atoms with Crippen molar-refractivity contribution in [2.45, 2.75) is 6.04 Å². The number of carbonyl (C=O) groups excluding carboxylic acids is 1. The van der Waals surface area contributed by atoms with Crippen LogP contribution in [-0.4, -0.2) is 55.4 Å². The molecule has 4 rings (SSSR count). The molecule has 2 aromatic carbocycles. The summed E-state index contributed by atoms with van der Waals surface area (Å²) in [6.07, 6.45) is 3.37. The third-order valence-electron chi connectivity index (χ3n) is 5.59. The molecule has 1 atom stereocenters. The Hall–Kier alpha value is -4.04. The van der Waals surface area contributed by atoms with Gasteiger partial charge >= 0.3 is 0 Å². The summed E-state index contributed by atoms with van der Waals surface area (Å²) in [4.78, 5) is 15.4. The first-order valence-corrected chi connectivity index (χ1v) is 10.9. The number of likely N-dealkylation sites (N-methyl/N-ethyl adjacent to an activating group) is 1. The maximum Gasteiger partial charge on any atom is 0.255 e. The number of nitrogens with zero attached hydrogens (tertiary/aromatic N) is 3. The van der Waals surface area contributed by atoms with Crippen LogP contribution >= 0.6 is 0 Å². The van der Waals surface area contributed by atoms with Crippen LogP contribution in [0.3, 0.4) is 0 Å². The van der Waals surface area contributed by atoms with Crippen LogP contribution in [0.2, 0.25) is 0 Å². The summed E-state index contributed by atoms with van der Waals surface area (Å²) >= 11 is 0. The predicted molar refractivity (Wildman–Crippen MR) is 130 cm³/mol. The number of ether oxygens (including phenoxy) is 2. The Bertz CT molecular complexity index is 1230. The number of nitrogens with one attached hydrogen (secondary N) is 1. The van der Waals surface area contributed by atoms with E-state index in [2.05, 4.69) is 5.32 Å². The van der Waals surface area contributed by atoms with Gasteiger partial charge < -0.3 is 19.2 Å². The van der Waals surface area contributed by atoms with Crippen LogP contribution in [0.1, 0.15) is 22.2 Å². The van der Waals surface area contributed by atoms with Crippen LogP contribution in [0.15, 0.2) is 77.5 Å². The smallest absolute Gasteiger partial charge is 0.255 e. The van der Waals surface area contributed by atoms with Crippen molar-refractivity contribution in [3.63, 3.8) is 0 Å². The Balaban J connectivity index is 1.71. The normalized spacial score (nSPS) is 11.9. The van der Waals surface area contributed by atoms with Crippen molar-refractivity contribution in [2.75, 3.05) is 34.9 Å². The number of carbonyl (C=O) groups is 1. The monoisotopic (exact) mass is 460 g/mol. The minimum atomic E-state index is -0.242. The quantitative estimate of drug-likeness (QED) is 0.404. The van der Waals surface area contributed by atoms with Gasteiger partial charge in [0.25, 0.3) is 5.91 Å². The maximum atomic E-state index is 13.4. The highest BCUT2D eigenvalue weighted by atomic mass is 16.5. The Morgan fingerprint density at radius 1 is 1.09 bits per heavy atom. The summed E-state index contributed by atoms with van der Waals surface area (Å²) in [7, 11) is 7.07. The number of furan rings is 1. The van der Waals surface area contributed by atoms with E-state index in [9.17, 15) is 4.79 Å². The van der Waals surface area contributed by atoms with Gasteiger partial charge in [0.15, 0.2) is 0 Å². The lowest BCUT2D eigenvalue weighted by atomic mass is 10.1. The molecule has 0 aliphatic heterocycles. The number of para-hydroxylation sites is 1. The lowest BCUT2D eigenvalue weighted by Gasteiger charge is -2.22. The Labute approximate surface area is 198 Å². The fourth-order valence-electron chi connectivity index (χ4n) is 3.75. The third-order valence-corrected chi connectivity index (χ3v) is 5.59. The zero-order chi connectivity index (χ0) is 24.1. The topological polar surface area (TPSA) is 81.8 Å². The van der Waals surface area contributed by atoms with Gasteiger partial charge in [-0.2, -0.15) is 5.10 Å². The van der Waals surface area contributed by atoms with E-state index < -0.39 is 0 Å². The largest absolute Gasteiger partial charge is 0.497 e. The molecule has 0 fully saturated rings. The van der Waals surface area contributed by atoms with Gasteiger partial charge in [0.2, 0.25) is 0 Å². The first-order valence-electron chi connectivity index (χ1n) is 10.9. The molecule has 1 amide bonds. The van der Waals surface area contributed by atoms with E-state index in [0.29, 0.717) is 34.9 Å². The van der Waals surface area contributed by atoms with E-state index in [-0.39, 0.29) is 11.9 Å². The zero-order valence-corrected chi connectivity index (χ0v) is 19.7. The van der Waals surface area contributed by atoms with Crippen molar-refractivity contribution >= 4 is 5.91 Å². The number of hydrogen-bond donors (Lipinski definition) is 1. The van der Waals surface area contributed by atoms with Crippen LogP contribution in [0, 0.1) is 0 Å². The molecule has 2 aromatic heterocycles. The highest BCUT2D eigenvalue weighted by Gasteiger charge is 2.24. The van der Waals surface area contributed by atoms with Crippen molar-refractivity contribution in [3.8, 4) is 28.4 Å². The van der Waals surface area contributed by atoms with Crippen molar-refractivity contribution in [1.82, 2.24) is 20.0 Å². The van der Waals surface area contributed by atoms with Crippen LogP contribution in [0.4, 0.5) is 0 Å². The molecular weight excluding hydrogens is 432 g/mol. The van der Waals surface area contributed by atoms with Crippen molar-refractivity contribution in [2.24, 2.45) is 0 Å².